The molecule has 0 saturated heterocycles. The fraction of sp³-hybridized carbons (Fsp3) is 0.556. The summed E-state index contributed by atoms with van der Waals surface area (Å²) in [6.07, 6.45) is 5.58. The molecule has 0 N–H and O–H groups in total. The molecule has 0 radical (unpaired) electrons. The molecule has 0 heterocycles. The zero-order valence-electron chi connectivity index (χ0n) is 12.5. The first-order valence-electron chi connectivity index (χ1n) is 7.75. The SMILES string of the molecule is CCC(=O)CC(=O)c1ccc(C2CCC(C)CC2)cc1. The first-order chi connectivity index (χ1) is 9.60. The predicted octanol–water partition coefficient (Wildman–Crippen LogP) is 4.53. The van der Waals surface area contributed by atoms with Gasteiger partial charge in [-0.15, -0.1) is 0 Å². The maximum atomic E-state index is 11.9. The van der Waals surface area contributed by atoms with Gasteiger partial charge in [-0.05, 0) is 30.2 Å². The van der Waals surface area contributed by atoms with E-state index in [9.17, 15) is 9.59 Å². The Labute approximate surface area is 121 Å². The summed E-state index contributed by atoms with van der Waals surface area (Å²) in [4.78, 5) is 23.2. The third-order valence-corrected chi connectivity index (χ3v) is 4.47. The molecular formula is C18H24O2. The third-order valence-electron chi connectivity index (χ3n) is 4.47. The predicted molar refractivity (Wildman–Crippen MR) is 81.1 cm³/mol. The van der Waals surface area contributed by atoms with Crippen LogP contribution in [0.3, 0.4) is 0 Å². The number of benzene rings is 1. The van der Waals surface area contributed by atoms with E-state index in [1.54, 1.807) is 6.92 Å². The van der Waals surface area contributed by atoms with Crippen molar-refractivity contribution in [2.75, 3.05) is 0 Å². The van der Waals surface area contributed by atoms with Gasteiger partial charge in [0.05, 0.1) is 6.42 Å². The molecule has 0 amide bonds. The summed E-state index contributed by atoms with van der Waals surface area (Å²) >= 11 is 0. The maximum absolute atomic E-state index is 11.9. The standard InChI is InChI=1S/C18H24O2/c1-3-17(19)12-18(20)16-10-8-15(9-11-16)14-6-4-13(2)5-7-14/h8-11,13-14H,3-7,12H2,1-2H3. The van der Waals surface area contributed by atoms with Crippen molar-refractivity contribution < 1.29 is 9.59 Å². The Morgan fingerprint density at radius 3 is 2.20 bits per heavy atom. The van der Waals surface area contributed by atoms with Crippen molar-refractivity contribution in [1.29, 1.82) is 0 Å². The molecule has 1 fully saturated rings. The van der Waals surface area contributed by atoms with Crippen molar-refractivity contribution >= 4 is 11.6 Å². The van der Waals surface area contributed by atoms with E-state index in [0.717, 1.165) is 5.92 Å². The summed E-state index contributed by atoms with van der Waals surface area (Å²) in [5.74, 6) is 1.46. The van der Waals surface area contributed by atoms with Crippen LogP contribution in [0.2, 0.25) is 0 Å². The maximum Gasteiger partial charge on any atom is 0.170 e. The molecule has 108 valence electrons. The molecular weight excluding hydrogens is 248 g/mol. The second-order valence-corrected chi connectivity index (χ2v) is 6.07. The van der Waals surface area contributed by atoms with Gasteiger partial charge in [0, 0.05) is 12.0 Å². The van der Waals surface area contributed by atoms with Gasteiger partial charge in [-0.3, -0.25) is 9.59 Å². The first kappa shape index (κ1) is 15.0. The van der Waals surface area contributed by atoms with Crippen LogP contribution in [0, 0.1) is 5.92 Å². The van der Waals surface area contributed by atoms with E-state index in [1.807, 2.05) is 12.1 Å². The number of ketones is 2. The van der Waals surface area contributed by atoms with Crippen molar-refractivity contribution in [2.45, 2.75) is 58.3 Å². The van der Waals surface area contributed by atoms with Gasteiger partial charge in [0.25, 0.3) is 0 Å². The van der Waals surface area contributed by atoms with Gasteiger partial charge in [0.1, 0.15) is 5.78 Å². The highest BCUT2D eigenvalue weighted by molar-refractivity contribution is 6.07. The topological polar surface area (TPSA) is 34.1 Å². The minimum atomic E-state index is -0.0549. The molecule has 1 aromatic carbocycles. The summed E-state index contributed by atoms with van der Waals surface area (Å²) in [6, 6.07) is 7.92. The molecule has 2 nitrogen and oxygen atoms in total. The Bertz CT molecular complexity index is 465. The lowest BCUT2D eigenvalue weighted by molar-refractivity contribution is -0.117. The van der Waals surface area contributed by atoms with Crippen LogP contribution in [0.4, 0.5) is 0 Å². The molecule has 20 heavy (non-hydrogen) atoms. The van der Waals surface area contributed by atoms with E-state index in [-0.39, 0.29) is 18.0 Å². The molecule has 0 aromatic heterocycles. The van der Waals surface area contributed by atoms with E-state index in [0.29, 0.717) is 17.9 Å². The molecule has 0 aliphatic heterocycles. The Hall–Kier alpha value is -1.44. The van der Waals surface area contributed by atoms with Gasteiger partial charge >= 0.3 is 0 Å². The Balaban J connectivity index is 1.99. The second kappa shape index (κ2) is 6.83. The van der Waals surface area contributed by atoms with Crippen LogP contribution in [0.15, 0.2) is 24.3 Å². The zero-order chi connectivity index (χ0) is 14.5. The van der Waals surface area contributed by atoms with E-state index in [1.165, 1.54) is 31.2 Å². The number of carbonyl (C=O) groups excluding carboxylic acids is 2. The lowest BCUT2D eigenvalue weighted by atomic mass is 9.79. The summed E-state index contributed by atoms with van der Waals surface area (Å²) in [7, 11) is 0. The minimum absolute atomic E-state index is 0.0142. The monoisotopic (exact) mass is 272 g/mol. The van der Waals surface area contributed by atoms with Gasteiger partial charge < -0.3 is 0 Å². The average Bonchev–Trinajstić information content (AvgIpc) is 2.48. The Morgan fingerprint density at radius 1 is 1.05 bits per heavy atom. The molecule has 1 saturated carbocycles. The van der Waals surface area contributed by atoms with Gasteiger partial charge in [-0.2, -0.15) is 0 Å². The minimum Gasteiger partial charge on any atom is -0.299 e. The summed E-state index contributed by atoms with van der Waals surface area (Å²) in [5.41, 5.74) is 2.01. The Morgan fingerprint density at radius 2 is 1.65 bits per heavy atom. The lowest BCUT2D eigenvalue weighted by Gasteiger charge is -2.26. The molecule has 0 atom stereocenters. The summed E-state index contributed by atoms with van der Waals surface area (Å²) in [6.45, 7) is 4.12. The van der Waals surface area contributed by atoms with Crippen molar-refractivity contribution in [1.82, 2.24) is 0 Å². The Kier molecular flexibility index (Phi) is 5.11. The normalized spacial score (nSPS) is 22.5. The fourth-order valence-corrected chi connectivity index (χ4v) is 2.94. The third kappa shape index (κ3) is 3.78. The average molecular weight is 272 g/mol. The first-order valence-corrected chi connectivity index (χ1v) is 7.75. The van der Waals surface area contributed by atoms with E-state index in [2.05, 4.69) is 19.1 Å². The van der Waals surface area contributed by atoms with Gasteiger partial charge in [-0.25, -0.2) is 0 Å². The highest BCUT2D eigenvalue weighted by Crippen LogP contribution is 2.35. The van der Waals surface area contributed by atoms with E-state index in [4.69, 9.17) is 0 Å². The van der Waals surface area contributed by atoms with Crippen molar-refractivity contribution in [3.8, 4) is 0 Å². The second-order valence-electron chi connectivity index (χ2n) is 6.07. The molecule has 0 spiro atoms. The molecule has 2 rings (SSSR count). The van der Waals surface area contributed by atoms with Crippen LogP contribution < -0.4 is 0 Å². The fourth-order valence-electron chi connectivity index (χ4n) is 2.94. The number of hydrogen-bond donors (Lipinski definition) is 0. The number of rotatable bonds is 5. The highest BCUT2D eigenvalue weighted by atomic mass is 16.1. The van der Waals surface area contributed by atoms with Gasteiger partial charge in [0.15, 0.2) is 5.78 Å². The highest BCUT2D eigenvalue weighted by Gasteiger charge is 2.20. The number of Topliss-reactive ketones (excluding diaryl/α,β-unsaturated/α-hetero) is 2. The van der Waals surface area contributed by atoms with E-state index < -0.39 is 0 Å². The molecule has 2 heteroatoms. The van der Waals surface area contributed by atoms with Gasteiger partial charge in [0.2, 0.25) is 0 Å². The van der Waals surface area contributed by atoms with Crippen LogP contribution in [-0.4, -0.2) is 11.6 Å². The molecule has 0 unspecified atom stereocenters. The number of carbonyl (C=O) groups is 2. The largest absolute Gasteiger partial charge is 0.299 e. The van der Waals surface area contributed by atoms with Crippen molar-refractivity contribution in [3.63, 3.8) is 0 Å². The van der Waals surface area contributed by atoms with E-state index >= 15 is 0 Å². The van der Waals surface area contributed by atoms with Crippen LogP contribution in [0.1, 0.15) is 74.2 Å². The summed E-state index contributed by atoms with van der Waals surface area (Å²) < 4.78 is 0. The van der Waals surface area contributed by atoms with Crippen molar-refractivity contribution in [3.05, 3.63) is 35.4 Å². The molecule has 1 aromatic rings. The van der Waals surface area contributed by atoms with Crippen LogP contribution in [0.25, 0.3) is 0 Å². The molecule has 1 aliphatic carbocycles. The van der Waals surface area contributed by atoms with Crippen LogP contribution in [-0.2, 0) is 4.79 Å². The molecule has 0 bridgehead atoms. The lowest BCUT2D eigenvalue weighted by Crippen LogP contribution is -2.11. The smallest absolute Gasteiger partial charge is 0.170 e. The summed E-state index contributed by atoms with van der Waals surface area (Å²) in [5, 5.41) is 0. The van der Waals surface area contributed by atoms with Crippen LogP contribution in [0.5, 0.6) is 0 Å². The number of hydrogen-bond acceptors (Lipinski definition) is 2. The molecule has 1 aliphatic rings. The van der Waals surface area contributed by atoms with Crippen molar-refractivity contribution in [2.24, 2.45) is 5.92 Å². The van der Waals surface area contributed by atoms with Gasteiger partial charge in [-0.1, -0.05) is 51.0 Å². The quantitative estimate of drug-likeness (QED) is 0.583. The van der Waals surface area contributed by atoms with Crippen LogP contribution >= 0.6 is 0 Å². The zero-order valence-corrected chi connectivity index (χ0v) is 12.5.